The third kappa shape index (κ3) is 3.64. The van der Waals surface area contributed by atoms with Crippen molar-refractivity contribution in [3.63, 3.8) is 0 Å². The average Bonchev–Trinajstić information content (AvgIpc) is 2.54. The van der Waals surface area contributed by atoms with Gasteiger partial charge in [-0.15, -0.1) is 0 Å². The highest BCUT2D eigenvalue weighted by molar-refractivity contribution is 5.95. The number of hydrogen-bond donors (Lipinski definition) is 2. The van der Waals surface area contributed by atoms with Gasteiger partial charge in [0.05, 0.1) is 11.3 Å². The van der Waals surface area contributed by atoms with E-state index in [-0.39, 0.29) is 5.56 Å². The molecule has 24 heavy (non-hydrogen) atoms. The fraction of sp³-hybridized carbons (Fsp3) is 0.389. The Morgan fingerprint density at radius 3 is 2.88 bits per heavy atom. The van der Waals surface area contributed by atoms with E-state index in [9.17, 15) is 9.90 Å². The number of para-hydroxylation sites is 1. The number of benzene rings is 1. The molecule has 0 bridgehead atoms. The highest BCUT2D eigenvalue weighted by Gasteiger charge is 2.19. The Labute approximate surface area is 141 Å². The third-order valence-electron chi connectivity index (χ3n) is 4.23. The number of aryl methyl sites for hydroxylation is 1. The maximum absolute atomic E-state index is 11.3. The molecule has 2 aromatic rings. The smallest absolute Gasteiger partial charge is 0.337 e. The molecule has 6 nitrogen and oxygen atoms in total. The van der Waals surface area contributed by atoms with Crippen molar-refractivity contribution in [1.29, 1.82) is 0 Å². The van der Waals surface area contributed by atoms with Crippen LogP contribution in [-0.4, -0.2) is 34.1 Å². The highest BCUT2D eigenvalue weighted by Crippen LogP contribution is 2.25. The van der Waals surface area contributed by atoms with Crippen molar-refractivity contribution < 1.29 is 9.90 Å². The molecule has 1 atom stereocenters. The standard InChI is InChI=1S/C18H22N4O2/c1-12-6-5-9-22(11-12)17-10-16(19-13(2)20-17)21-15-8-4-3-7-14(15)18(23)24/h3-4,7-8,10,12H,5-6,9,11H2,1-2H3,(H,23,24)(H,19,20,21). The van der Waals surface area contributed by atoms with Crippen LogP contribution < -0.4 is 10.2 Å². The van der Waals surface area contributed by atoms with Crippen LogP contribution in [0.15, 0.2) is 30.3 Å². The highest BCUT2D eigenvalue weighted by atomic mass is 16.4. The molecule has 2 heterocycles. The summed E-state index contributed by atoms with van der Waals surface area (Å²) in [5.41, 5.74) is 0.753. The number of rotatable bonds is 4. The van der Waals surface area contributed by atoms with E-state index in [0.29, 0.717) is 23.2 Å². The molecule has 0 amide bonds. The number of hydrogen-bond acceptors (Lipinski definition) is 5. The van der Waals surface area contributed by atoms with Gasteiger partial charge >= 0.3 is 5.97 Å². The van der Waals surface area contributed by atoms with Crippen molar-refractivity contribution in [1.82, 2.24) is 9.97 Å². The molecule has 0 aliphatic carbocycles. The molecule has 0 radical (unpaired) electrons. The Kier molecular flexibility index (Phi) is 4.64. The molecule has 2 N–H and O–H groups in total. The first kappa shape index (κ1) is 16.2. The summed E-state index contributed by atoms with van der Waals surface area (Å²) in [7, 11) is 0. The quantitative estimate of drug-likeness (QED) is 0.896. The van der Waals surface area contributed by atoms with Gasteiger partial charge in [-0.2, -0.15) is 0 Å². The maximum atomic E-state index is 11.3. The second kappa shape index (κ2) is 6.86. The van der Waals surface area contributed by atoms with Crippen LogP contribution >= 0.6 is 0 Å². The zero-order valence-corrected chi connectivity index (χ0v) is 14.0. The fourth-order valence-corrected chi connectivity index (χ4v) is 3.09. The third-order valence-corrected chi connectivity index (χ3v) is 4.23. The molecule has 3 rings (SSSR count). The van der Waals surface area contributed by atoms with E-state index < -0.39 is 5.97 Å². The number of carbonyl (C=O) groups is 1. The molecule has 1 fully saturated rings. The Hall–Kier alpha value is -2.63. The summed E-state index contributed by atoms with van der Waals surface area (Å²) >= 11 is 0. The summed E-state index contributed by atoms with van der Waals surface area (Å²) in [6.45, 7) is 6.08. The second-order valence-corrected chi connectivity index (χ2v) is 6.33. The van der Waals surface area contributed by atoms with E-state index in [4.69, 9.17) is 0 Å². The number of piperidine rings is 1. The summed E-state index contributed by atoms with van der Waals surface area (Å²) in [6.07, 6.45) is 2.41. The molecule has 1 saturated heterocycles. The van der Waals surface area contributed by atoms with Gasteiger partial charge in [0, 0.05) is 19.2 Å². The molecule has 1 aliphatic heterocycles. The van der Waals surface area contributed by atoms with Crippen molar-refractivity contribution in [2.45, 2.75) is 26.7 Å². The van der Waals surface area contributed by atoms with Crippen LogP contribution in [0.4, 0.5) is 17.3 Å². The topological polar surface area (TPSA) is 78.3 Å². The summed E-state index contributed by atoms with van der Waals surface area (Å²) in [6, 6.07) is 8.72. The van der Waals surface area contributed by atoms with Crippen molar-refractivity contribution in [2.24, 2.45) is 5.92 Å². The summed E-state index contributed by atoms with van der Waals surface area (Å²) < 4.78 is 0. The first-order chi connectivity index (χ1) is 11.5. The van der Waals surface area contributed by atoms with Gasteiger partial charge in [-0.1, -0.05) is 19.1 Å². The molecule has 0 spiro atoms. The van der Waals surface area contributed by atoms with Crippen LogP contribution in [0.25, 0.3) is 0 Å². The SMILES string of the molecule is Cc1nc(Nc2ccccc2C(=O)O)cc(N2CCCC(C)C2)n1. The lowest BCUT2D eigenvalue weighted by molar-refractivity contribution is 0.0698. The molecule has 1 unspecified atom stereocenters. The molecule has 0 saturated carbocycles. The number of carboxylic acids is 1. The van der Waals surface area contributed by atoms with Crippen LogP contribution in [0, 0.1) is 12.8 Å². The predicted octanol–water partition coefficient (Wildman–Crippen LogP) is 3.46. The number of aromatic carboxylic acids is 1. The zero-order valence-electron chi connectivity index (χ0n) is 14.0. The van der Waals surface area contributed by atoms with Gasteiger partial charge in [0.2, 0.25) is 0 Å². The molecule has 1 aromatic heterocycles. The van der Waals surface area contributed by atoms with Gasteiger partial charge < -0.3 is 15.3 Å². The fourth-order valence-electron chi connectivity index (χ4n) is 3.09. The molecular weight excluding hydrogens is 304 g/mol. The normalized spacial score (nSPS) is 17.6. The van der Waals surface area contributed by atoms with Crippen molar-refractivity contribution in [2.75, 3.05) is 23.3 Å². The minimum absolute atomic E-state index is 0.224. The van der Waals surface area contributed by atoms with Gasteiger partial charge in [0.25, 0.3) is 0 Å². The Morgan fingerprint density at radius 1 is 1.33 bits per heavy atom. The molecule has 1 aromatic carbocycles. The first-order valence-corrected chi connectivity index (χ1v) is 8.23. The van der Waals surface area contributed by atoms with Gasteiger partial charge in [-0.05, 0) is 37.8 Å². The minimum Gasteiger partial charge on any atom is -0.478 e. The number of aromatic nitrogens is 2. The van der Waals surface area contributed by atoms with E-state index in [1.165, 1.54) is 6.42 Å². The van der Waals surface area contributed by atoms with E-state index in [1.807, 2.05) is 13.0 Å². The van der Waals surface area contributed by atoms with Gasteiger partial charge in [-0.25, -0.2) is 14.8 Å². The van der Waals surface area contributed by atoms with Gasteiger partial charge in [0.15, 0.2) is 0 Å². The lowest BCUT2D eigenvalue weighted by atomic mass is 10.0. The van der Waals surface area contributed by atoms with Crippen LogP contribution in [0.2, 0.25) is 0 Å². The predicted molar refractivity (Wildman–Crippen MR) is 94.1 cm³/mol. The Balaban J connectivity index is 1.88. The Morgan fingerprint density at radius 2 is 2.12 bits per heavy atom. The number of anilines is 3. The van der Waals surface area contributed by atoms with E-state index in [1.54, 1.807) is 24.3 Å². The molecular formula is C18H22N4O2. The van der Waals surface area contributed by atoms with Crippen LogP contribution in [0.3, 0.4) is 0 Å². The monoisotopic (exact) mass is 326 g/mol. The minimum atomic E-state index is -0.964. The largest absolute Gasteiger partial charge is 0.478 e. The zero-order chi connectivity index (χ0) is 17.1. The summed E-state index contributed by atoms with van der Waals surface area (Å²) in [5, 5.41) is 12.4. The van der Waals surface area contributed by atoms with E-state index >= 15 is 0 Å². The van der Waals surface area contributed by atoms with E-state index in [2.05, 4.69) is 27.1 Å². The van der Waals surface area contributed by atoms with Crippen LogP contribution in [0.5, 0.6) is 0 Å². The van der Waals surface area contributed by atoms with Crippen molar-refractivity contribution in [3.8, 4) is 0 Å². The van der Waals surface area contributed by atoms with Crippen LogP contribution in [0.1, 0.15) is 35.9 Å². The van der Waals surface area contributed by atoms with Crippen LogP contribution in [-0.2, 0) is 0 Å². The molecule has 1 aliphatic rings. The summed E-state index contributed by atoms with van der Waals surface area (Å²) in [4.78, 5) is 22.6. The van der Waals surface area contributed by atoms with Gasteiger partial charge in [-0.3, -0.25) is 0 Å². The lowest BCUT2D eigenvalue weighted by Gasteiger charge is -2.32. The van der Waals surface area contributed by atoms with Crippen molar-refractivity contribution in [3.05, 3.63) is 41.7 Å². The average molecular weight is 326 g/mol. The molecule has 126 valence electrons. The second-order valence-electron chi connectivity index (χ2n) is 6.33. The Bertz CT molecular complexity index is 748. The number of carboxylic acid groups (broad SMARTS) is 1. The number of nitrogens with one attached hydrogen (secondary N) is 1. The van der Waals surface area contributed by atoms with E-state index in [0.717, 1.165) is 25.3 Å². The van der Waals surface area contributed by atoms with Gasteiger partial charge in [0.1, 0.15) is 17.5 Å². The lowest BCUT2D eigenvalue weighted by Crippen LogP contribution is -2.35. The maximum Gasteiger partial charge on any atom is 0.337 e. The van der Waals surface area contributed by atoms with Crippen molar-refractivity contribution >= 4 is 23.3 Å². The summed E-state index contributed by atoms with van der Waals surface area (Å²) in [5.74, 6) is 1.86. The number of nitrogens with zero attached hydrogens (tertiary/aromatic N) is 3. The first-order valence-electron chi connectivity index (χ1n) is 8.23. The molecule has 6 heteroatoms.